The molecule has 1 fully saturated rings. The van der Waals surface area contributed by atoms with E-state index in [-0.39, 0.29) is 0 Å². The molecule has 0 N–H and O–H groups in total. The third-order valence-electron chi connectivity index (χ3n) is 3.19. The highest BCUT2D eigenvalue weighted by molar-refractivity contribution is 5.23. The second kappa shape index (κ2) is 5.94. The van der Waals surface area contributed by atoms with E-state index in [4.69, 9.17) is 4.52 Å². The summed E-state index contributed by atoms with van der Waals surface area (Å²) in [6.07, 6.45) is 6.71. The summed E-state index contributed by atoms with van der Waals surface area (Å²) in [6, 6.07) is 0. The van der Waals surface area contributed by atoms with Crippen molar-refractivity contribution >= 4 is 0 Å². The minimum atomic E-state index is 0.672. The molecule has 1 heterocycles. The molecular formula is C13H23NO. The molecule has 15 heavy (non-hydrogen) atoms. The van der Waals surface area contributed by atoms with Gasteiger partial charge in [-0.1, -0.05) is 38.3 Å². The maximum absolute atomic E-state index is 5.20. The molecule has 1 saturated carbocycles. The Bertz CT molecular complexity index is 285. The molecule has 0 aliphatic heterocycles. The molecule has 2 nitrogen and oxygen atoms in total. The Morgan fingerprint density at radius 1 is 1.07 bits per heavy atom. The third kappa shape index (κ3) is 2.83. The predicted octanol–water partition coefficient (Wildman–Crippen LogP) is 4.37. The maximum atomic E-state index is 5.20. The van der Waals surface area contributed by atoms with Crippen LogP contribution in [0.4, 0.5) is 0 Å². The van der Waals surface area contributed by atoms with Crippen LogP contribution in [0.25, 0.3) is 0 Å². The van der Waals surface area contributed by atoms with Crippen LogP contribution in [0.5, 0.6) is 0 Å². The number of nitrogens with zero attached hydrogens (tertiary/aromatic N) is 1. The van der Waals surface area contributed by atoms with Crippen molar-refractivity contribution in [3.63, 3.8) is 0 Å². The highest BCUT2D eigenvalue weighted by atomic mass is 16.5. The van der Waals surface area contributed by atoms with Crippen LogP contribution < -0.4 is 0 Å². The number of aryl methyl sites for hydroxylation is 1. The number of hydrogen-bond donors (Lipinski definition) is 0. The van der Waals surface area contributed by atoms with Crippen molar-refractivity contribution in [3.8, 4) is 0 Å². The summed E-state index contributed by atoms with van der Waals surface area (Å²) in [7, 11) is 0. The van der Waals surface area contributed by atoms with E-state index < -0.39 is 0 Å². The van der Waals surface area contributed by atoms with Crippen LogP contribution in [-0.2, 0) is 0 Å². The maximum Gasteiger partial charge on any atom is 0.136 e. The molecule has 1 aromatic heterocycles. The molecule has 0 spiro atoms. The minimum absolute atomic E-state index is 0.672. The van der Waals surface area contributed by atoms with E-state index in [1.54, 1.807) is 0 Å². The highest BCUT2D eigenvalue weighted by Crippen LogP contribution is 2.34. The van der Waals surface area contributed by atoms with E-state index in [1.807, 2.05) is 20.8 Å². The first kappa shape index (κ1) is 12.3. The van der Waals surface area contributed by atoms with Crippen LogP contribution >= 0.6 is 0 Å². The molecule has 0 atom stereocenters. The van der Waals surface area contributed by atoms with Crippen molar-refractivity contribution < 1.29 is 4.52 Å². The zero-order valence-electron chi connectivity index (χ0n) is 10.5. The lowest BCUT2D eigenvalue weighted by Crippen LogP contribution is -2.06. The molecule has 1 aliphatic carbocycles. The second-order valence-electron chi connectivity index (χ2n) is 4.08. The van der Waals surface area contributed by atoms with Gasteiger partial charge in [0.05, 0.1) is 5.69 Å². The van der Waals surface area contributed by atoms with Crippen molar-refractivity contribution in [3.05, 3.63) is 17.0 Å². The van der Waals surface area contributed by atoms with E-state index in [9.17, 15) is 0 Å². The molecule has 1 aromatic rings. The van der Waals surface area contributed by atoms with Crippen molar-refractivity contribution in [2.45, 2.75) is 65.7 Å². The van der Waals surface area contributed by atoms with Gasteiger partial charge in [0.1, 0.15) is 5.76 Å². The molecule has 0 aromatic carbocycles. The number of hydrogen-bond acceptors (Lipinski definition) is 2. The van der Waals surface area contributed by atoms with Gasteiger partial charge < -0.3 is 4.52 Å². The zero-order chi connectivity index (χ0) is 11.3. The Labute approximate surface area is 93.0 Å². The van der Waals surface area contributed by atoms with Crippen molar-refractivity contribution in [2.24, 2.45) is 0 Å². The zero-order valence-corrected chi connectivity index (χ0v) is 10.5. The number of aromatic nitrogens is 1. The summed E-state index contributed by atoms with van der Waals surface area (Å²) in [5.41, 5.74) is 2.49. The Balaban J connectivity index is 0.000000531. The van der Waals surface area contributed by atoms with Gasteiger partial charge in [0.25, 0.3) is 0 Å². The van der Waals surface area contributed by atoms with Gasteiger partial charge in [0.15, 0.2) is 0 Å². The second-order valence-corrected chi connectivity index (χ2v) is 4.08. The van der Waals surface area contributed by atoms with Gasteiger partial charge in [0.2, 0.25) is 0 Å². The first-order valence-electron chi connectivity index (χ1n) is 6.22. The van der Waals surface area contributed by atoms with E-state index in [0.717, 1.165) is 5.76 Å². The fourth-order valence-corrected chi connectivity index (χ4v) is 2.19. The van der Waals surface area contributed by atoms with Gasteiger partial charge in [-0.15, -0.1) is 0 Å². The van der Waals surface area contributed by atoms with Crippen molar-refractivity contribution in [1.82, 2.24) is 5.16 Å². The lowest BCUT2D eigenvalue weighted by Gasteiger charge is -2.19. The summed E-state index contributed by atoms with van der Waals surface area (Å²) >= 11 is 0. The van der Waals surface area contributed by atoms with Crippen LogP contribution in [0, 0.1) is 13.8 Å². The Morgan fingerprint density at radius 2 is 1.67 bits per heavy atom. The summed E-state index contributed by atoms with van der Waals surface area (Å²) in [5.74, 6) is 1.66. The van der Waals surface area contributed by atoms with Crippen molar-refractivity contribution in [1.29, 1.82) is 0 Å². The molecule has 0 bridgehead atoms. The molecule has 86 valence electrons. The molecule has 0 unspecified atom stereocenters. The smallest absolute Gasteiger partial charge is 0.136 e. The standard InChI is InChI=1S/C11H17NO.C2H6/c1-8-9(2)13-12-11(8)10-6-4-3-5-7-10;1-2/h10H,3-7H2,1-2H3;1-2H3. The Kier molecular flexibility index (Phi) is 4.86. The SMILES string of the molecule is CC.Cc1onc(C2CCCCC2)c1C. The van der Waals surface area contributed by atoms with E-state index in [0.29, 0.717) is 5.92 Å². The van der Waals surface area contributed by atoms with Gasteiger partial charge in [-0.3, -0.25) is 0 Å². The molecule has 0 radical (unpaired) electrons. The summed E-state index contributed by atoms with van der Waals surface area (Å²) < 4.78 is 5.20. The topological polar surface area (TPSA) is 26.0 Å². The third-order valence-corrected chi connectivity index (χ3v) is 3.19. The van der Waals surface area contributed by atoms with E-state index in [1.165, 1.54) is 43.4 Å². The molecule has 1 aliphatic rings. The van der Waals surface area contributed by atoms with Crippen LogP contribution in [0.2, 0.25) is 0 Å². The lowest BCUT2D eigenvalue weighted by molar-refractivity contribution is 0.367. The monoisotopic (exact) mass is 209 g/mol. The van der Waals surface area contributed by atoms with Crippen LogP contribution in [0.1, 0.15) is 68.9 Å². The fourth-order valence-electron chi connectivity index (χ4n) is 2.19. The van der Waals surface area contributed by atoms with Crippen LogP contribution in [-0.4, -0.2) is 5.16 Å². The first-order chi connectivity index (χ1) is 7.29. The minimum Gasteiger partial charge on any atom is -0.361 e. The van der Waals surface area contributed by atoms with E-state index in [2.05, 4.69) is 12.1 Å². The van der Waals surface area contributed by atoms with Gasteiger partial charge in [0, 0.05) is 11.5 Å². The Hall–Kier alpha value is -0.790. The largest absolute Gasteiger partial charge is 0.361 e. The molecule has 0 amide bonds. The summed E-state index contributed by atoms with van der Waals surface area (Å²) in [5, 5.41) is 4.16. The molecule has 0 saturated heterocycles. The molecular weight excluding hydrogens is 186 g/mol. The molecule has 2 rings (SSSR count). The first-order valence-corrected chi connectivity index (χ1v) is 6.22. The number of rotatable bonds is 1. The van der Waals surface area contributed by atoms with Crippen LogP contribution in [0.3, 0.4) is 0 Å². The van der Waals surface area contributed by atoms with Gasteiger partial charge in [-0.05, 0) is 26.7 Å². The lowest BCUT2D eigenvalue weighted by atomic mass is 9.85. The molecule has 2 heteroatoms. The van der Waals surface area contributed by atoms with E-state index >= 15 is 0 Å². The summed E-state index contributed by atoms with van der Waals surface area (Å²) in [6.45, 7) is 8.12. The predicted molar refractivity (Wildman–Crippen MR) is 63.2 cm³/mol. The van der Waals surface area contributed by atoms with Crippen molar-refractivity contribution in [2.75, 3.05) is 0 Å². The average Bonchev–Trinajstić information content (AvgIpc) is 2.64. The van der Waals surface area contributed by atoms with Gasteiger partial charge in [-0.2, -0.15) is 0 Å². The van der Waals surface area contributed by atoms with Gasteiger partial charge in [-0.25, -0.2) is 0 Å². The normalized spacial score (nSPS) is 17.1. The summed E-state index contributed by atoms with van der Waals surface area (Å²) in [4.78, 5) is 0. The Morgan fingerprint density at radius 3 is 2.13 bits per heavy atom. The van der Waals surface area contributed by atoms with Crippen LogP contribution in [0.15, 0.2) is 4.52 Å². The fraction of sp³-hybridized carbons (Fsp3) is 0.769. The average molecular weight is 209 g/mol. The van der Waals surface area contributed by atoms with Gasteiger partial charge >= 0.3 is 0 Å². The highest BCUT2D eigenvalue weighted by Gasteiger charge is 2.21. The quantitative estimate of drug-likeness (QED) is 0.686.